The molecule has 0 aliphatic rings. The topological polar surface area (TPSA) is 92.4 Å². The highest BCUT2D eigenvalue weighted by molar-refractivity contribution is 7.10. The Hall–Kier alpha value is -2.25. The number of nitrogens with one attached hydrogen (secondary N) is 1. The van der Waals surface area contributed by atoms with Gasteiger partial charge in [-0.05, 0) is 23.6 Å². The average molecular weight is 294 g/mol. The number of amides is 1. The molecule has 0 fully saturated rings. The minimum Gasteiger partial charge on any atom is -0.478 e. The lowest BCUT2D eigenvalue weighted by Crippen LogP contribution is -2.28. The molecule has 0 bridgehead atoms. The Morgan fingerprint density at radius 2 is 2.05 bits per heavy atom. The zero-order valence-corrected chi connectivity index (χ0v) is 11.0. The second-order valence-electron chi connectivity index (χ2n) is 3.95. The molecule has 104 valence electrons. The van der Waals surface area contributed by atoms with Crippen LogP contribution in [0.5, 0.6) is 0 Å². The molecular formula is C13H11FN2O3S. The van der Waals surface area contributed by atoms with Gasteiger partial charge in [0.2, 0.25) is 5.91 Å². The van der Waals surface area contributed by atoms with Crippen molar-refractivity contribution in [3.8, 4) is 0 Å². The van der Waals surface area contributed by atoms with Gasteiger partial charge < -0.3 is 16.2 Å². The maximum absolute atomic E-state index is 13.7. The van der Waals surface area contributed by atoms with E-state index in [1.165, 1.54) is 23.5 Å². The van der Waals surface area contributed by atoms with Gasteiger partial charge in [-0.2, -0.15) is 0 Å². The van der Waals surface area contributed by atoms with Gasteiger partial charge in [-0.15, -0.1) is 11.3 Å². The zero-order valence-electron chi connectivity index (χ0n) is 10.2. The number of carboxylic acids is 1. The number of anilines is 1. The lowest BCUT2D eigenvalue weighted by atomic mass is 10.1. The Labute approximate surface area is 117 Å². The third-order valence-corrected chi connectivity index (χ3v) is 3.58. The standard InChI is InChI=1S/C13H11FN2O3S/c14-8-4-1-3-7(13(18)19)11(8)16-12(17)10(15)9-5-2-6-20-9/h1-6,10H,15H2,(H,16,17)(H,18,19). The van der Waals surface area contributed by atoms with Crippen LogP contribution in [0.25, 0.3) is 0 Å². The van der Waals surface area contributed by atoms with E-state index in [2.05, 4.69) is 5.32 Å². The molecule has 2 rings (SSSR count). The summed E-state index contributed by atoms with van der Waals surface area (Å²) in [5, 5.41) is 13.0. The van der Waals surface area contributed by atoms with Crippen LogP contribution in [0.3, 0.4) is 0 Å². The SMILES string of the molecule is NC(C(=O)Nc1c(F)cccc1C(=O)O)c1cccs1. The Kier molecular flexibility index (Phi) is 4.11. The summed E-state index contributed by atoms with van der Waals surface area (Å²) in [7, 11) is 0. The minimum absolute atomic E-state index is 0.322. The molecule has 2 aromatic rings. The minimum atomic E-state index is -1.33. The summed E-state index contributed by atoms with van der Waals surface area (Å²) in [6.45, 7) is 0. The Morgan fingerprint density at radius 3 is 2.65 bits per heavy atom. The van der Waals surface area contributed by atoms with Gasteiger partial charge in [0.25, 0.3) is 0 Å². The van der Waals surface area contributed by atoms with Crippen LogP contribution < -0.4 is 11.1 Å². The molecule has 20 heavy (non-hydrogen) atoms. The van der Waals surface area contributed by atoms with Gasteiger partial charge in [0.05, 0.1) is 11.3 Å². The van der Waals surface area contributed by atoms with Gasteiger partial charge in [-0.25, -0.2) is 9.18 Å². The van der Waals surface area contributed by atoms with Gasteiger partial charge in [0.15, 0.2) is 0 Å². The van der Waals surface area contributed by atoms with Crippen LogP contribution in [-0.4, -0.2) is 17.0 Å². The quantitative estimate of drug-likeness (QED) is 0.806. The van der Waals surface area contributed by atoms with Crippen molar-refractivity contribution in [1.82, 2.24) is 0 Å². The van der Waals surface area contributed by atoms with Crippen molar-refractivity contribution in [2.75, 3.05) is 5.32 Å². The molecule has 1 amide bonds. The summed E-state index contributed by atoms with van der Waals surface area (Å²) in [4.78, 5) is 23.6. The lowest BCUT2D eigenvalue weighted by Gasteiger charge is -2.13. The number of benzene rings is 1. The number of carbonyl (C=O) groups is 2. The first-order valence-corrected chi connectivity index (χ1v) is 6.50. The molecule has 0 spiro atoms. The first-order valence-electron chi connectivity index (χ1n) is 5.62. The molecule has 1 heterocycles. The fraction of sp³-hybridized carbons (Fsp3) is 0.0769. The summed E-state index contributed by atoms with van der Waals surface area (Å²) in [6.07, 6.45) is 0. The van der Waals surface area contributed by atoms with Crippen molar-refractivity contribution in [2.24, 2.45) is 5.73 Å². The van der Waals surface area contributed by atoms with E-state index < -0.39 is 23.7 Å². The molecular weight excluding hydrogens is 283 g/mol. The number of thiophene rings is 1. The summed E-state index contributed by atoms with van der Waals surface area (Å²) < 4.78 is 13.7. The van der Waals surface area contributed by atoms with Crippen molar-refractivity contribution in [1.29, 1.82) is 0 Å². The van der Waals surface area contributed by atoms with Gasteiger partial charge >= 0.3 is 5.97 Å². The van der Waals surface area contributed by atoms with E-state index in [4.69, 9.17) is 10.8 Å². The van der Waals surface area contributed by atoms with Crippen LogP contribution in [0.15, 0.2) is 35.7 Å². The number of para-hydroxylation sites is 1. The van der Waals surface area contributed by atoms with E-state index in [9.17, 15) is 14.0 Å². The molecule has 1 unspecified atom stereocenters. The van der Waals surface area contributed by atoms with Gasteiger partial charge in [-0.1, -0.05) is 12.1 Å². The Bertz CT molecular complexity index is 643. The highest BCUT2D eigenvalue weighted by Gasteiger charge is 2.21. The highest BCUT2D eigenvalue weighted by atomic mass is 32.1. The predicted octanol–water partition coefficient (Wildman–Crippen LogP) is 2.22. The maximum Gasteiger partial charge on any atom is 0.337 e. The molecule has 1 aromatic heterocycles. The highest BCUT2D eigenvalue weighted by Crippen LogP contribution is 2.23. The molecule has 5 nitrogen and oxygen atoms in total. The molecule has 0 aliphatic heterocycles. The normalized spacial score (nSPS) is 11.9. The molecule has 0 radical (unpaired) electrons. The fourth-order valence-electron chi connectivity index (χ4n) is 1.63. The number of halogens is 1. The lowest BCUT2D eigenvalue weighted by molar-refractivity contribution is -0.117. The zero-order chi connectivity index (χ0) is 14.7. The third-order valence-electron chi connectivity index (χ3n) is 2.62. The third kappa shape index (κ3) is 2.84. The number of carbonyl (C=O) groups excluding carboxylic acids is 1. The Morgan fingerprint density at radius 1 is 1.30 bits per heavy atom. The molecule has 0 saturated carbocycles. The van der Waals surface area contributed by atoms with E-state index in [1.54, 1.807) is 17.5 Å². The van der Waals surface area contributed by atoms with Gasteiger partial charge in [0, 0.05) is 4.88 Å². The van der Waals surface area contributed by atoms with E-state index in [0.717, 1.165) is 6.07 Å². The average Bonchev–Trinajstić information content (AvgIpc) is 2.93. The fourth-order valence-corrected chi connectivity index (χ4v) is 2.35. The van der Waals surface area contributed by atoms with Crippen molar-refractivity contribution >= 4 is 28.9 Å². The van der Waals surface area contributed by atoms with Crippen molar-refractivity contribution in [3.05, 3.63) is 52.0 Å². The summed E-state index contributed by atoms with van der Waals surface area (Å²) in [5.74, 6) is -2.82. The van der Waals surface area contributed by atoms with E-state index in [1.807, 2.05) is 0 Å². The summed E-state index contributed by atoms with van der Waals surface area (Å²) in [6, 6.07) is 5.97. The smallest absolute Gasteiger partial charge is 0.337 e. The van der Waals surface area contributed by atoms with Crippen molar-refractivity contribution in [2.45, 2.75) is 6.04 Å². The van der Waals surface area contributed by atoms with E-state index >= 15 is 0 Å². The number of nitrogens with two attached hydrogens (primary N) is 1. The van der Waals surface area contributed by atoms with Gasteiger partial charge in [-0.3, -0.25) is 4.79 Å². The number of hydrogen-bond acceptors (Lipinski definition) is 4. The molecule has 7 heteroatoms. The monoisotopic (exact) mass is 294 g/mol. The van der Waals surface area contributed by atoms with Crippen molar-refractivity contribution in [3.63, 3.8) is 0 Å². The largest absolute Gasteiger partial charge is 0.478 e. The van der Waals surface area contributed by atoms with Crippen LogP contribution >= 0.6 is 11.3 Å². The van der Waals surface area contributed by atoms with Gasteiger partial charge in [0.1, 0.15) is 11.9 Å². The molecule has 1 atom stereocenters. The van der Waals surface area contributed by atoms with Crippen LogP contribution in [-0.2, 0) is 4.79 Å². The number of carboxylic acid groups (broad SMARTS) is 1. The van der Waals surface area contributed by atoms with Crippen LogP contribution in [0, 0.1) is 5.82 Å². The van der Waals surface area contributed by atoms with Crippen LogP contribution in [0.1, 0.15) is 21.3 Å². The predicted molar refractivity (Wildman–Crippen MR) is 73.2 cm³/mol. The van der Waals surface area contributed by atoms with Crippen LogP contribution in [0.4, 0.5) is 10.1 Å². The summed E-state index contributed by atoms with van der Waals surface area (Å²) >= 11 is 1.29. The maximum atomic E-state index is 13.7. The number of hydrogen-bond donors (Lipinski definition) is 3. The second kappa shape index (κ2) is 5.81. The first-order chi connectivity index (χ1) is 9.50. The molecule has 0 aliphatic carbocycles. The van der Waals surface area contributed by atoms with E-state index in [0.29, 0.717) is 4.88 Å². The van der Waals surface area contributed by atoms with Crippen molar-refractivity contribution < 1.29 is 19.1 Å². The summed E-state index contributed by atoms with van der Waals surface area (Å²) in [5.41, 5.74) is 5.04. The molecule has 0 saturated heterocycles. The van der Waals surface area contributed by atoms with E-state index in [-0.39, 0.29) is 11.3 Å². The molecule has 1 aromatic carbocycles. The molecule has 4 N–H and O–H groups in total. The number of rotatable bonds is 4. The number of aromatic carboxylic acids is 1. The first kappa shape index (κ1) is 14.2. The Balaban J connectivity index is 2.26. The second-order valence-corrected chi connectivity index (χ2v) is 4.93. The van der Waals surface area contributed by atoms with Crippen LogP contribution in [0.2, 0.25) is 0 Å².